The Morgan fingerprint density at radius 3 is 2.75 bits per heavy atom. The van der Waals surface area contributed by atoms with E-state index < -0.39 is 12.1 Å². The zero-order valence-electron chi connectivity index (χ0n) is 22.5. The topological polar surface area (TPSA) is 103 Å². The molecule has 9 heteroatoms. The van der Waals surface area contributed by atoms with E-state index in [-0.39, 0.29) is 6.61 Å². The second-order valence-corrected chi connectivity index (χ2v) is 9.31. The van der Waals surface area contributed by atoms with Crippen molar-refractivity contribution >= 4 is 34.5 Å². The average Bonchev–Trinajstić information content (AvgIpc) is 3.38. The van der Waals surface area contributed by atoms with E-state index in [0.29, 0.717) is 42.6 Å². The number of carbonyl (C=O) groups excluding carboxylic acids is 1. The first-order valence-electron chi connectivity index (χ1n) is 13.2. The van der Waals surface area contributed by atoms with E-state index in [1.807, 2.05) is 71.4 Å². The Balaban J connectivity index is 1.35. The molecule has 2 aromatic carbocycles. The molecule has 5 rings (SSSR count). The van der Waals surface area contributed by atoms with E-state index in [2.05, 4.69) is 4.98 Å². The molecule has 206 valence electrons. The lowest BCUT2D eigenvalue weighted by Gasteiger charge is -2.26. The number of methoxy groups -OCH3 is 1. The number of pyridine rings is 1. The zero-order valence-corrected chi connectivity index (χ0v) is 22.5. The van der Waals surface area contributed by atoms with Gasteiger partial charge in [-0.2, -0.15) is 0 Å². The van der Waals surface area contributed by atoms with Crippen LogP contribution in [0.2, 0.25) is 0 Å². The summed E-state index contributed by atoms with van der Waals surface area (Å²) in [6.07, 6.45) is 4.57. The molecule has 3 heterocycles. The summed E-state index contributed by atoms with van der Waals surface area (Å²) in [5.41, 5.74) is 4.02. The van der Waals surface area contributed by atoms with Crippen LogP contribution in [0.25, 0.3) is 16.6 Å². The Morgan fingerprint density at radius 2 is 1.95 bits per heavy atom. The molecular formula is C31H31N3O6. The number of anilines is 1. The second-order valence-electron chi connectivity index (χ2n) is 9.31. The molecule has 2 aromatic heterocycles. The summed E-state index contributed by atoms with van der Waals surface area (Å²) in [6, 6.07) is 19.2. The van der Waals surface area contributed by atoms with Crippen LogP contribution in [-0.2, 0) is 22.4 Å². The molecular weight excluding hydrogens is 510 g/mol. The predicted molar refractivity (Wildman–Crippen MR) is 152 cm³/mol. The van der Waals surface area contributed by atoms with Gasteiger partial charge in [-0.1, -0.05) is 18.2 Å². The minimum absolute atomic E-state index is 0.278. The van der Waals surface area contributed by atoms with Crippen LogP contribution < -0.4 is 14.4 Å². The lowest BCUT2D eigenvalue weighted by molar-refractivity contribution is -0.137. The fourth-order valence-corrected chi connectivity index (χ4v) is 4.93. The maximum atomic E-state index is 12.5. The minimum atomic E-state index is -0.979. The van der Waals surface area contributed by atoms with E-state index in [9.17, 15) is 14.7 Å². The van der Waals surface area contributed by atoms with Crippen molar-refractivity contribution in [1.82, 2.24) is 9.55 Å². The van der Waals surface area contributed by atoms with Crippen LogP contribution in [0.5, 0.6) is 11.5 Å². The SMILES string of the molecule is CCOC(=O)C=C(c1ccccc1OC)n1ccc2cc(OCCc3ccc4c(n3)N(C(=O)O)CCC4)ccc21. The van der Waals surface area contributed by atoms with Gasteiger partial charge in [-0.3, -0.25) is 4.90 Å². The molecule has 1 aliphatic rings. The molecule has 1 amide bonds. The van der Waals surface area contributed by atoms with Crippen LogP contribution in [0.3, 0.4) is 0 Å². The van der Waals surface area contributed by atoms with Gasteiger partial charge in [-0.15, -0.1) is 0 Å². The van der Waals surface area contributed by atoms with Gasteiger partial charge in [0.05, 0.1) is 31.5 Å². The number of para-hydroxylation sites is 1. The van der Waals surface area contributed by atoms with Crippen LogP contribution in [-0.4, -0.2) is 53.6 Å². The number of hydrogen-bond donors (Lipinski definition) is 1. The number of benzene rings is 2. The van der Waals surface area contributed by atoms with Crippen molar-refractivity contribution < 1.29 is 28.9 Å². The average molecular weight is 542 g/mol. The van der Waals surface area contributed by atoms with Crippen molar-refractivity contribution in [2.75, 3.05) is 31.8 Å². The first kappa shape index (κ1) is 26.8. The molecule has 0 aliphatic carbocycles. The number of nitrogens with zero attached hydrogens (tertiary/aromatic N) is 3. The molecule has 9 nitrogen and oxygen atoms in total. The number of carboxylic acid groups (broad SMARTS) is 1. The van der Waals surface area contributed by atoms with Crippen molar-refractivity contribution in [2.24, 2.45) is 0 Å². The standard InChI is InChI=1S/C31H31N3O6/c1-3-39-29(35)20-27(25-8-4-5-9-28(25)38-2)33-17-14-22-19-24(12-13-26(22)33)40-18-15-23-11-10-21-7-6-16-34(31(36)37)30(21)32-23/h4-5,8-14,17,19-20H,3,6-7,15-16,18H2,1-2H3,(H,36,37). The number of amides is 1. The van der Waals surface area contributed by atoms with Gasteiger partial charge in [0.25, 0.3) is 0 Å². The third-order valence-electron chi connectivity index (χ3n) is 6.80. The van der Waals surface area contributed by atoms with Crippen molar-refractivity contribution in [3.63, 3.8) is 0 Å². The molecule has 0 radical (unpaired) electrons. The summed E-state index contributed by atoms with van der Waals surface area (Å²) in [7, 11) is 1.60. The van der Waals surface area contributed by atoms with Gasteiger partial charge < -0.3 is 23.9 Å². The van der Waals surface area contributed by atoms with Crippen LogP contribution in [0.1, 0.15) is 30.2 Å². The van der Waals surface area contributed by atoms with E-state index >= 15 is 0 Å². The molecule has 1 aliphatic heterocycles. The van der Waals surface area contributed by atoms with Crippen LogP contribution in [0.15, 0.2) is 72.9 Å². The largest absolute Gasteiger partial charge is 0.496 e. The molecule has 0 unspecified atom stereocenters. The van der Waals surface area contributed by atoms with Gasteiger partial charge in [-0.05, 0) is 67.8 Å². The Kier molecular flexibility index (Phi) is 8.00. The fourth-order valence-electron chi connectivity index (χ4n) is 4.93. The highest BCUT2D eigenvalue weighted by Gasteiger charge is 2.23. The number of aryl methyl sites for hydroxylation is 1. The van der Waals surface area contributed by atoms with Gasteiger partial charge in [0.2, 0.25) is 0 Å². The Labute approximate surface area is 232 Å². The van der Waals surface area contributed by atoms with E-state index in [4.69, 9.17) is 14.2 Å². The number of fused-ring (bicyclic) bond motifs is 2. The number of carbonyl (C=O) groups is 2. The molecule has 0 atom stereocenters. The normalized spacial score (nSPS) is 13.2. The molecule has 0 saturated heterocycles. The molecule has 40 heavy (non-hydrogen) atoms. The first-order chi connectivity index (χ1) is 19.5. The summed E-state index contributed by atoms with van der Waals surface area (Å²) in [5.74, 6) is 1.43. The number of esters is 1. The highest BCUT2D eigenvalue weighted by atomic mass is 16.5. The molecule has 1 N–H and O–H groups in total. The molecule has 0 spiro atoms. The smallest absolute Gasteiger partial charge is 0.413 e. The highest BCUT2D eigenvalue weighted by Crippen LogP contribution is 2.32. The van der Waals surface area contributed by atoms with Gasteiger partial charge >= 0.3 is 12.1 Å². The van der Waals surface area contributed by atoms with E-state index in [1.165, 1.54) is 11.0 Å². The first-order valence-corrected chi connectivity index (χ1v) is 13.2. The van der Waals surface area contributed by atoms with Crippen LogP contribution in [0.4, 0.5) is 10.6 Å². The number of aromatic nitrogens is 2. The van der Waals surface area contributed by atoms with E-state index in [1.54, 1.807) is 14.0 Å². The van der Waals surface area contributed by atoms with Crippen molar-refractivity contribution in [1.29, 1.82) is 0 Å². The number of hydrogen-bond acceptors (Lipinski definition) is 6. The number of ether oxygens (including phenoxy) is 3. The molecule has 0 fully saturated rings. The van der Waals surface area contributed by atoms with Gasteiger partial charge in [-0.25, -0.2) is 14.6 Å². The van der Waals surface area contributed by atoms with E-state index in [0.717, 1.165) is 40.6 Å². The maximum absolute atomic E-state index is 12.5. The molecule has 0 saturated carbocycles. The lowest BCUT2D eigenvalue weighted by atomic mass is 10.1. The Morgan fingerprint density at radius 1 is 1.10 bits per heavy atom. The van der Waals surface area contributed by atoms with Crippen molar-refractivity contribution in [3.05, 3.63) is 89.8 Å². The fraction of sp³-hybridized carbons (Fsp3) is 0.258. The third kappa shape index (κ3) is 5.63. The van der Waals surface area contributed by atoms with Crippen molar-refractivity contribution in [3.8, 4) is 11.5 Å². The molecule has 4 aromatic rings. The second kappa shape index (κ2) is 11.9. The van der Waals surface area contributed by atoms with Gasteiger partial charge in [0.1, 0.15) is 17.3 Å². The van der Waals surface area contributed by atoms with Crippen LogP contribution >= 0.6 is 0 Å². The summed E-state index contributed by atoms with van der Waals surface area (Å²) < 4.78 is 18.7. The summed E-state index contributed by atoms with van der Waals surface area (Å²) in [4.78, 5) is 30.0. The van der Waals surface area contributed by atoms with Crippen LogP contribution in [0, 0.1) is 0 Å². The summed E-state index contributed by atoms with van der Waals surface area (Å²) in [5, 5.41) is 10.4. The minimum Gasteiger partial charge on any atom is -0.496 e. The van der Waals surface area contributed by atoms with Gasteiger partial charge in [0, 0.05) is 41.9 Å². The zero-order chi connectivity index (χ0) is 28.1. The lowest BCUT2D eigenvalue weighted by Crippen LogP contribution is -2.35. The maximum Gasteiger partial charge on any atom is 0.413 e. The summed E-state index contributed by atoms with van der Waals surface area (Å²) in [6.45, 7) is 2.90. The predicted octanol–water partition coefficient (Wildman–Crippen LogP) is 5.55. The van der Waals surface area contributed by atoms with Crippen molar-refractivity contribution in [2.45, 2.75) is 26.2 Å². The molecule has 0 bridgehead atoms. The number of rotatable bonds is 9. The monoisotopic (exact) mass is 541 g/mol. The Hall–Kier alpha value is -4.79. The highest BCUT2D eigenvalue weighted by molar-refractivity contribution is 5.95. The summed E-state index contributed by atoms with van der Waals surface area (Å²) >= 11 is 0. The third-order valence-corrected chi connectivity index (χ3v) is 6.80. The van der Waals surface area contributed by atoms with Gasteiger partial charge in [0.15, 0.2) is 0 Å². The quantitative estimate of drug-likeness (QED) is 0.219. The Bertz CT molecular complexity index is 1570.